The first kappa shape index (κ1) is 28.1. The summed E-state index contributed by atoms with van der Waals surface area (Å²) in [5.41, 5.74) is 1.57. The first-order valence-electron chi connectivity index (χ1n) is 11.9. The number of thiazole rings is 1. The van der Waals surface area contributed by atoms with E-state index in [2.05, 4.69) is 4.98 Å². The maximum atomic E-state index is 13.1. The Kier molecular flexibility index (Phi) is 9.97. The Morgan fingerprint density at radius 3 is 2.53 bits per heavy atom. The van der Waals surface area contributed by atoms with Gasteiger partial charge in [0.05, 0.1) is 34.7 Å². The lowest BCUT2D eigenvalue weighted by atomic mass is 9.73. The van der Waals surface area contributed by atoms with E-state index in [0.717, 1.165) is 21.8 Å². The van der Waals surface area contributed by atoms with Crippen LogP contribution >= 0.6 is 11.3 Å². The molecule has 0 saturated carbocycles. The average Bonchev–Trinajstić information content (AvgIpc) is 3.18. The summed E-state index contributed by atoms with van der Waals surface area (Å²) in [6, 6.07) is 0. The van der Waals surface area contributed by atoms with E-state index >= 15 is 0 Å². The highest BCUT2D eigenvalue weighted by Gasteiger charge is 2.42. The van der Waals surface area contributed by atoms with Gasteiger partial charge < -0.3 is 14.9 Å². The second kappa shape index (κ2) is 12.0. The van der Waals surface area contributed by atoms with E-state index in [-0.39, 0.29) is 18.1 Å². The lowest BCUT2D eigenvalue weighted by Crippen LogP contribution is -2.45. The molecule has 0 bridgehead atoms. The summed E-state index contributed by atoms with van der Waals surface area (Å²) in [6.07, 6.45) is 6.13. The molecule has 0 aliphatic carbocycles. The van der Waals surface area contributed by atoms with Crippen molar-refractivity contribution >= 4 is 29.2 Å². The Hall–Kier alpha value is -2.09. The molecule has 0 aromatic carbocycles. The summed E-state index contributed by atoms with van der Waals surface area (Å²) in [4.78, 5) is 30.4. The number of aliphatic hydroxyl groups is 2. The summed E-state index contributed by atoms with van der Waals surface area (Å²) in [5.74, 6) is -1.77. The first-order valence-corrected chi connectivity index (χ1v) is 12.7. The number of esters is 1. The Labute approximate surface area is 207 Å². The van der Waals surface area contributed by atoms with Crippen molar-refractivity contribution in [2.75, 3.05) is 0 Å². The van der Waals surface area contributed by atoms with Crippen LogP contribution in [0.3, 0.4) is 0 Å². The second-order valence-corrected chi connectivity index (χ2v) is 11.1. The highest BCUT2D eigenvalue weighted by Crippen LogP contribution is 2.31. The van der Waals surface area contributed by atoms with Crippen molar-refractivity contribution < 1.29 is 24.5 Å². The summed E-state index contributed by atoms with van der Waals surface area (Å²) in [5, 5.41) is 24.4. The molecule has 0 amide bonds. The second-order valence-electron chi connectivity index (χ2n) is 10.0. The number of carbonyl (C=O) groups is 2. The van der Waals surface area contributed by atoms with Gasteiger partial charge in [-0.05, 0) is 38.8 Å². The first-order chi connectivity index (χ1) is 15.8. The van der Waals surface area contributed by atoms with Crippen LogP contribution in [0.5, 0.6) is 0 Å². The molecule has 0 saturated heterocycles. The number of nitrogens with zero attached hydrogens (tertiary/aromatic N) is 1. The average molecular weight is 490 g/mol. The predicted molar refractivity (Wildman–Crippen MR) is 136 cm³/mol. The largest absolute Gasteiger partial charge is 0.457 e. The molecule has 0 radical (unpaired) electrons. The smallest absolute Gasteiger partial charge is 0.309 e. The number of hydrogen-bond acceptors (Lipinski definition) is 7. The summed E-state index contributed by atoms with van der Waals surface area (Å²) in [7, 11) is 0. The van der Waals surface area contributed by atoms with Gasteiger partial charge in [-0.2, -0.15) is 0 Å². The van der Waals surface area contributed by atoms with E-state index in [9.17, 15) is 19.8 Å². The van der Waals surface area contributed by atoms with Crippen molar-refractivity contribution in [3.05, 3.63) is 45.5 Å². The van der Waals surface area contributed by atoms with E-state index in [1.54, 1.807) is 32.1 Å². The highest BCUT2D eigenvalue weighted by molar-refractivity contribution is 7.09. The minimum Gasteiger partial charge on any atom is -0.457 e. The van der Waals surface area contributed by atoms with Crippen LogP contribution in [0.1, 0.15) is 71.5 Å². The molecule has 1 unspecified atom stereocenters. The van der Waals surface area contributed by atoms with Gasteiger partial charge in [-0.15, -0.1) is 11.3 Å². The van der Waals surface area contributed by atoms with Crippen molar-refractivity contribution in [2.45, 2.75) is 86.0 Å². The van der Waals surface area contributed by atoms with Crippen LogP contribution in [-0.2, 0) is 14.3 Å². The van der Waals surface area contributed by atoms with Gasteiger partial charge in [0.2, 0.25) is 0 Å². The van der Waals surface area contributed by atoms with E-state index in [0.29, 0.717) is 12.8 Å². The predicted octanol–water partition coefficient (Wildman–Crippen LogP) is 5.04. The van der Waals surface area contributed by atoms with Gasteiger partial charge in [0.25, 0.3) is 0 Å². The number of aliphatic hydroxyl groups excluding tert-OH is 2. The number of hydrogen-bond donors (Lipinski definition) is 2. The quantitative estimate of drug-likeness (QED) is 0.446. The van der Waals surface area contributed by atoms with Gasteiger partial charge in [0.1, 0.15) is 11.9 Å². The fourth-order valence-electron chi connectivity index (χ4n) is 4.05. The van der Waals surface area contributed by atoms with Crippen molar-refractivity contribution in [3.63, 3.8) is 0 Å². The van der Waals surface area contributed by atoms with Crippen LogP contribution in [0.15, 0.2) is 34.8 Å². The molecule has 0 spiro atoms. The molecule has 7 heteroatoms. The zero-order valence-corrected chi connectivity index (χ0v) is 22.2. The lowest BCUT2D eigenvalue weighted by Gasteiger charge is -2.34. The molecule has 1 aliphatic heterocycles. The van der Waals surface area contributed by atoms with Gasteiger partial charge in [0.15, 0.2) is 0 Å². The molecule has 188 valence electrons. The third-order valence-corrected chi connectivity index (χ3v) is 7.44. The topological polar surface area (TPSA) is 96.7 Å². The van der Waals surface area contributed by atoms with Gasteiger partial charge in [0, 0.05) is 23.6 Å². The molecular formula is C27H39NO5S. The van der Waals surface area contributed by atoms with Crippen molar-refractivity contribution in [1.29, 1.82) is 0 Å². The molecule has 5 atom stereocenters. The number of ketones is 1. The summed E-state index contributed by atoms with van der Waals surface area (Å²) < 4.78 is 5.79. The molecule has 1 aromatic rings. The number of aromatic nitrogens is 1. The van der Waals surface area contributed by atoms with Gasteiger partial charge in [-0.25, -0.2) is 4.98 Å². The maximum Gasteiger partial charge on any atom is 0.309 e. The van der Waals surface area contributed by atoms with Crippen LogP contribution < -0.4 is 0 Å². The lowest BCUT2D eigenvalue weighted by molar-refractivity contribution is -0.154. The van der Waals surface area contributed by atoms with Crippen LogP contribution in [0, 0.1) is 24.2 Å². The SMILES string of the molecule is C/C1=C/C[C@@H](/C(C)=C/c2csc(C)n2)OC(=O)CC(O)C(C)(C)C(=O)[C@H](C)[C@@H](O)[C@@H](C)/C=C/C1. The van der Waals surface area contributed by atoms with Crippen LogP contribution in [0.25, 0.3) is 6.08 Å². The number of ether oxygens (including phenoxy) is 1. The van der Waals surface area contributed by atoms with E-state index in [4.69, 9.17) is 4.74 Å². The minimum absolute atomic E-state index is 0.225. The standard InChI is InChI=1S/C27H39NO5S/c1-16-9-8-10-17(2)25(31)19(4)26(32)27(6,7)23(29)14-24(30)33-22(12-11-16)18(3)13-21-15-34-20(5)28-21/h8,10-11,13,15,17,19,22-23,25,29,31H,9,12,14H2,1-7H3/b10-8+,16-11-,18-13+/t17-,19+,22-,23?,25-/m0/s1. The normalized spacial score (nSPS) is 32.6. The number of allylic oxidation sites excluding steroid dienone is 2. The monoisotopic (exact) mass is 489 g/mol. The Bertz CT molecular complexity index is 958. The molecule has 6 nitrogen and oxygen atoms in total. The molecule has 0 fully saturated rings. The molecule has 1 aromatic heterocycles. The van der Waals surface area contributed by atoms with E-state index < -0.39 is 35.6 Å². The summed E-state index contributed by atoms with van der Waals surface area (Å²) >= 11 is 1.56. The van der Waals surface area contributed by atoms with Crippen LogP contribution in [0.4, 0.5) is 0 Å². The fraction of sp³-hybridized carbons (Fsp3) is 0.593. The van der Waals surface area contributed by atoms with Crippen molar-refractivity contribution in [1.82, 2.24) is 4.98 Å². The Morgan fingerprint density at radius 1 is 1.24 bits per heavy atom. The maximum absolute atomic E-state index is 13.1. The van der Waals surface area contributed by atoms with Crippen LogP contribution in [-0.4, -0.2) is 45.3 Å². The number of rotatable bonds is 2. The van der Waals surface area contributed by atoms with Gasteiger partial charge in [-0.1, -0.05) is 51.5 Å². The van der Waals surface area contributed by atoms with Crippen molar-refractivity contribution in [3.8, 4) is 0 Å². The van der Waals surface area contributed by atoms with Gasteiger partial charge >= 0.3 is 5.97 Å². The Morgan fingerprint density at radius 2 is 1.91 bits per heavy atom. The van der Waals surface area contributed by atoms with Gasteiger partial charge in [-0.3, -0.25) is 9.59 Å². The third-order valence-electron chi connectivity index (χ3n) is 6.65. The zero-order valence-electron chi connectivity index (χ0n) is 21.4. The third kappa shape index (κ3) is 7.45. The van der Waals surface area contributed by atoms with E-state index in [1.165, 1.54) is 0 Å². The molecule has 2 heterocycles. The minimum atomic E-state index is -1.23. The van der Waals surface area contributed by atoms with E-state index in [1.807, 2.05) is 57.4 Å². The Balaban J connectivity index is 2.37. The highest BCUT2D eigenvalue weighted by atomic mass is 32.1. The zero-order chi connectivity index (χ0) is 25.6. The number of Topliss-reactive ketones (excluding diaryl/α,β-unsaturated/α-hetero) is 1. The molecule has 2 N–H and O–H groups in total. The molecular weight excluding hydrogens is 450 g/mol. The fourth-order valence-corrected chi connectivity index (χ4v) is 4.62. The summed E-state index contributed by atoms with van der Waals surface area (Å²) in [6.45, 7) is 12.6. The molecule has 1 aliphatic rings. The van der Waals surface area contributed by atoms with Crippen molar-refractivity contribution in [2.24, 2.45) is 17.3 Å². The molecule has 34 heavy (non-hydrogen) atoms. The number of carbonyl (C=O) groups excluding carboxylic acids is 2. The number of cyclic esters (lactones) is 1. The number of aryl methyl sites for hydroxylation is 1. The molecule has 2 rings (SSSR count). The van der Waals surface area contributed by atoms with Crippen LogP contribution in [0.2, 0.25) is 0 Å².